The molecule has 0 bridgehead atoms. The summed E-state index contributed by atoms with van der Waals surface area (Å²) in [5.74, 6) is 0.831. The van der Waals surface area contributed by atoms with Gasteiger partial charge in [-0.1, -0.05) is 23.2 Å². The molecule has 0 aliphatic carbocycles. The van der Waals surface area contributed by atoms with Gasteiger partial charge in [0.15, 0.2) is 11.5 Å². The second-order valence-corrected chi connectivity index (χ2v) is 8.34. The first kappa shape index (κ1) is 22.4. The number of hydrogen-bond donors (Lipinski definition) is 1. The first-order valence-corrected chi connectivity index (χ1v) is 11.0. The Morgan fingerprint density at radius 1 is 1.09 bits per heavy atom. The zero-order valence-corrected chi connectivity index (χ0v) is 19.9. The average molecular weight is 475 g/mol. The molecule has 2 heterocycles. The molecule has 168 valence electrons. The summed E-state index contributed by atoms with van der Waals surface area (Å²) in [4.78, 5) is 13.3. The maximum atomic E-state index is 13.3. The van der Waals surface area contributed by atoms with Crippen LogP contribution in [0.3, 0.4) is 0 Å². The van der Waals surface area contributed by atoms with E-state index in [4.69, 9.17) is 43.1 Å². The number of ether oxygens (including phenoxy) is 3. The van der Waals surface area contributed by atoms with Crippen LogP contribution in [0.1, 0.15) is 28.5 Å². The lowest BCUT2D eigenvalue weighted by Gasteiger charge is -2.23. The Hall–Kier alpha value is -2.83. The van der Waals surface area contributed by atoms with Crippen LogP contribution in [0.25, 0.3) is 22.4 Å². The number of esters is 1. The Morgan fingerprint density at radius 3 is 2.31 bits per heavy atom. The summed E-state index contributed by atoms with van der Waals surface area (Å²) in [7, 11) is 3.20. The molecule has 0 atom stereocenters. The molecule has 0 saturated heterocycles. The average Bonchev–Trinajstić information content (AvgIpc) is 3.09. The molecule has 0 unspecified atom stereocenters. The van der Waals surface area contributed by atoms with Crippen LogP contribution in [-0.4, -0.2) is 31.4 Å². The third-order valence-corrected chi connectivity index (χ3v) is 6.47. The number of benzene rings is 2. The van der Waals surface area contributed by atoms with Crippen molar-refractivity contribution in [3.63, 3.8) is 0 Å². The largest absolute Gasteiger partial charge is 0.493 e. The van der Waals surface area contributed by atoms with Crippen molar-refractivity contribution in [3.05, 3.63) is 51.1 Å². The van der Waals surface area contributed by atoms with Crippen molar-refractivity contribution in [2.45, 2.75) is 26.8 Å². The molecule has 2 aromatic carbocycles. The molecule has 3 aromatic rings. The van der Waals surface area contributed by atoms with E-state index in [9.17, 15) is 4.79 Å². The number of methoxy groups -OCH3 is 2. The second-order valence-electron chi connectivity index (χ2n) is 7.52. The van der Waals surface area contributed by atoms with Crippen molar-refractivity contribution in [2.75, 3.05) is 26.6 Å². The van der Waals surface area contributed by atoms with Crippen LogP contribution < -0.4 is 15.2 Å². The van der Waals surface area contributed by atoms with Gasteiger partial charge in [-0.2, -0.15) is 0 Å². The number of anilines is 1. The molecule has 4 rings (SSSR count). The molecular formula is C24H24Cl2N2O4. The summed E-state index contributed by atoms with van der Waals surface area (Å²) >= 11 is 12.7. The van der Waals surface area contributed by atoms with Gasteiger partial charge in [0.05, 0.1) is 47.8 Å². The van der Waals surface area contributed by atoms with Gasteiger partial charge in [-0.05, 0) is 55.7 Å². The molecule has 0 fully saturated rings. The number of hydrogen-bond acceptors (Lipinski definition) is 5. The first-order valence-electron chi connectivity index (χ1n) is 10.2. The Kier molecular flexibility index (Phi) is 6.01. The predicted molar refractivity (Wildman–Crippen MR) is 127 cm³/mol. The lowest BCUT2D eigenvalue weighted by Crippen LogP contribution is -2.15. The number of aryl methyl sites for hydroxylation is 1. The summed E-state index contributed by atoms with van der Waals surface area (Å²) in [6.45, 7) is 4.72. The van der Waals surface area contributed by atoms with Gasteiger partial charge in [0.25, 0.3) is 0 Å². The Morgan fingerprint density at radius 2 is 1.72 bits per heavy atom. The number of carbonyl (C=O) groups excluding carboxylic acids is 1. The monoisotopic (exact) mass is 474 g/mol. The van der Waals surface area contributed by atoms with E-state index in [-0.39, 0.29) is 6.61 Å². The Labute approximate surface area is 196 Å². The van der Waals surface area contributed by atoms with Crippen molar-refractivity contribution >= 4 is 34.9 Å². The van der Waals surface area contributed by atoms with E-state index in [1.165, 1.54) is 0 Å². The molecule has 0 radical (unpaired) electrons. The summed E-state index contributed by atoms with van der Waals surface area (Å²) in [5.41, 5.74) is 11.8. The highest BCUT2D eigenvalue weighted by molar-refractivity contribution is 6.39. The maximum Gasteiger partial charge on any atom is 0.340 e. The first-order chi connectivity index (χ1) is 15.3. The number of aromatic nitrogens is 1. The summed E-state index contributed by atoms with van der Waals surface area (Å²) < 4.78 is 18.6. The molecule has 0 spiro atoms. The fourth-order valence-electron chi connectivity index (χ4n) is 4.36. The van der Waals surface area contributed by atoms with Crippen LogP contribution in [0, 0.1) is 6.92 Å². The van der Waals surface area contributed by atoms with Gasteiger partial charge in [-0.25, -0.2) is 4.79 Å². The van der Waals surface area contributed by atoms with Gasteiger partial charge >= 0.3 is 5.97 Å². The number of carbonyl (C=O) groups is 1. The fourth-order valence-corrected chi connectivity index (χ4v) is 4.85. The van der Waals surface area contributed by atoms with Crippen LogP contribution in [0.5, 0.6) is 11.5 Å². The number of nitrogens with two attached hydrogens (primary N) is 1. The van der Waals surface area contributed by atoms with Gasteiger partial charge in [0.1, 0.15) is 0 Å². The Bertz CT molecular complexity index is 1210. The minimum absolute atomic E-state index is 0.254. The molecule has 1 aromatic heterocycles. The van der Waals surface area contributed by atoms with E-state index < -0.39 is 5.97 Å². The van der Waals surface area contributed by atoms with Crippen LogP contribution in [0.4, 0.5) is 5.69 Å². The number of rotatable bonds is 5. The molecule has 2 N–H and O–H groups in total. The quantitative estimate of drug-likeness (QED) is 0.375. The topological polar surface area (TPSA) is 75.7 Å². The van der Waals surface area contributed by atoms with Gasteiger partial charge in [-0.15, -0.1) is 0 Å². The van der Waals surface area contributed by atoms with Crippen molar-refractivity contribution in [2.24, 2.45) is 0 Å². The van der Waals surface area contributed by atoms with Gasteiger partial charge in [0, 0.05) is 23.4 Å². The molecule has 32 heavy (non-hydrogen) atoms. The highest BCUT2D eigenvalue weighted by Gasteiger charge is 2.32. The van der Waals surface area contributed by atoms with Gasteiger partial charge < -0.3 is 24.5 Å². The molecule has 6 nitrogen and oxygen atoms in total. The van der Waals surface area contributed by atoms with Crippen LogP contribution in [0.15, 0.2) is 24.3 Å². The van der Waals surface area contributed by atoms with Crippen molar-refractivity contribution < 1.29 is 19.0 Å². The minimum Gasteiger partial charge on any atom is -0.493 e. The summed E-state index contributed by atoms with van der Waals surface area (Å²) in [6, 6.07) is 7.34. The number of fused-ring (bicyclic) bond motifs is 3. The molecule has 0 amide bonds. The number of halogens is 2. The summed E-state index contributed by atoms with van der Waals surface area (Å²) in [5, 5.41) is 0.662. The highest BCUT2D eigenvalue weighted by Crippen LogP contribution is 2.46. The van der Waals surface area contributed by atoms with Gasteiger partial charge in [0.2, 0.25) is 0 Å². The van der Waals surface area contributed by atoms with E-state index in [2.05, 4.69) is 4.57 Å². The summed E-state index contributed by atoms with van der Waals surface area (Å²) in [6.07, 6.45) is 0.781. The predicted octanol–water partition coefficient (Wildman–Crippen LogP) is 5.77. The molecule has 1 aliphatic heterocycles. The lowest BCUT2D eigenvalue weighted by molar-refractivity contribution is 0.0528. The van der Waals surface area contributed by atoms with Gasteiger partial charge in [-0.3, -0.25) is 0 Å². The number of nitrogens with zero attached hydrogens (tertiary/aromatic N) is 1. The number of nitrogen functional groups attached to an aromatic ring is 1. The Balaban J connectivity index is 2.06. The van der Waals surface area contributed by atoms with E-state index in [0.29, 0.717) is 44.9 Å². The van der Waals surface area contributed by atoms with E-state index >= 15 is 0 Å². The van der Waals surface area contributed by atoms with Crippen molar-refractivity contribution in [1.29, 1.82) is 0 Å². The van der Waals surface area contributed by atoms with Crippen LogP contribution in [0.2, 0.25) is 10.0 Å². The lowest BCUT2D eigenvalue weighted by atomic mass is 9.93. The molecular weight excluding hydrogens is 451 g/mol. The van der Waals surface area contributed by atoms with Crippen LogP contribution in [-0.2, 0) is 17.7 Å². The fraction of sp³-hybridized carbons (Fsp3) is 0.292. The molecule has 8 heteroatoms. The normalized spacial score (nSPS) is 12.2. The maximum absolute atomic E-state index is 13.3. The van der Waals surface area contributed by atoms with E-state index in [1.807, 2.05) is 19.1 Å². The van der Waals surface area contributed by atoms with Crippen molar-refractivity contribution in [3.8, 4) is 33.9 Å². The molecule has 0 saturated carbocycles. The van der Waals surface area contributed by atoms with E-state index in [1.54, 1.807) is 33.3 Å². The minimum atomic E-state index is -0.411. The zero-order chi connectivity index (χ0) is 23.2. The van der Waals surface area contributed by atoms with Crippen molar-refractivity contribution in [1.82, 2.24) is 4.57 Å². The molecule has 1 aliphatic rings. The zero-order valence-electron chi connectivity index (χ0n) is 18.3. The third kappa shape index (κ3) is 3.48. The second kappa shape index (κ2) is 8.60. The standard InChI is InChI=1S/C24H24Cl2N2O4/c1-5-32-24(29)21-20(14-8-16(25)22(27)17(26)9-14)12(2)28-7-6-13-10-18(30-3)19(31-4)11-15(13)23(21)28/h8-11H,5-7,27H2,1-4H3. The highest BCUT2D eigenvalue weighted by atomic mass is 35.5. The van der Waals surface area contributed by atoms with Crippen LogP contribution >= 0.6 is 23.2 Å². The van der Waals surface area contributed by atoms with E-state index in [0.717, 1.165) is 34.5 Å². The SMILES string of the molecule is CCOC(=O)c1c(-c2cc(Cl)c(N)c(Cl)c2)c(C)n2c1-c1cc(OC)c(OC)cc1CC2. The third-order valence-electron chi connectivity index (χ3n) is 5.84. The smallest absolute Gasteiger partial charge is 0.340 e.